The number of carboxylic acid groups (broad SMARTS) is 1. The lowest BCUT2D eigenvalue weighted by molar-refractivity contribution is -0.887. The second-order valence-corrected chi connectivity index (χ2v) is 15.6. The summed E-state index contributed by atoms with van der Waals surface area (Å²) < 4.78 is 17.1. The molecule has 0 aliphatic rings. The normalized spacial score (nSPS) is 14.1. The number of unbranched alkanes of at least 4 members (excludes halogenated alkanes) is 4. The van der Waals surface area contributed by atoms with Crippen molar-refractivity contribution in [1.82, 2.24) is 0 Å². The van der Waals surface area contributed by atoms with Crippen molar-refractivity contribution in [2.45, 2.75) is 148 Å². The minimum absolute atomic E-state index is 0.00677. The summed E-state index contributed by atoms with van der Waals surface area (Å²) in [5.74, 6) is -1.67. The predicted octanol–water partition coefficient (Wildman–Crippen LogP) is 12.6. The molecule has 0 heterocycles. The number of ether oxygens (including phenoxy) is 3. The zero-order valence-electron chi connectivity index (χ0n) is 38.1. The summed E-state index contributed by atoms with van der Waals surface area (Å²) in [7, 11) is 5.47. The minimum Gasteiger partial charge on any atom is -0.477 e. The van der Waals surface area contributed by atoms with Gasteiger partial charge in [-0.3, -0.25) is 9.59 Å². The van der Waals surface area contributed by atoms with Crippen molar-refractivity contribution in [3.8, 4) is 0 Å². The Morgan fingerprint density at radius 1 is 0.517 bits per heavy atom. The molecule has 0 saturated carbocycles. The van der Waals surface area contributed by atoms with Crippen LogP contribution >= 0.6 is 0 Å². The van der Waals surface area contributed by atoms with Crippen molar-refractivity contribution in [2.75, 3.05) is 41.0 Å². The van der Waals surface area contributed by atoms with Gasteiger partial charge in [-0.2, -0.15) is 0 Å². The molecule has 0 spiro atoms. The van der Waals surface area contributed by atoms with Crippen LogP contribution in [0, 0.1) is 0 Å². The highest BCUT2D eigenvalue weighted by Crippen LogP contribution is 2.10. The quantitative estimate of drug-likeness (QED) is 0.0286. The smallest absolute Gasteiger partial charge is 0.362 e. The zero-order chi connectivity index (χ0) is 44.2. The molecule has 0 amide bonds. The van der Waals surface area contributed by atoms with Gasteiger partial charge in [0, 0.05) is 19.3 Å². The van der Waals surface area contributed by atoms with E-state index in [2.05, 4.69) is 123 Å². The van der Waals surface area contributed by atoms with E-state index >= 15 is 0 Å². The summed E-state index contributed by atoms with van der Waals surface area (Å²) in [6, 6.07) is -0.643. The van der Waals surface area contributed by atoms with Crippen molar-refractivity contribution < 1.29 is 38.2 Å². The van der Waals surface area contributed by atoms with Gasteiger partial charge in [0.15, 0.2) is 12.1 Å². The van der Waals surface area contributed by atoms with E-state index in [4.69, 9.17) is 14.2 Å². The van der Waals surface area contributed by atoms with Gasteiger partial charge in [0.05, 0.1) is 34.4 Å². The third-order valence-corrected chi connectivity index (χ3v) is 9.11. The lowest BCUT2D eigenvalue weighted by atomic mass is 10.1. The molecule has 2 unspecified atom stereocenters. The van der Waals surface area contributed by atoms with Crippen LogP contribution in [0.15, 0.2) is 122 Å². The fraction of sp³-hybridized carbons (Fsp3) is 0.558. The average molecular weight is 833 g/mol. The van der Waals surface area contributed by atoms with Gasteiger partial charge in [0.1, 0.15) is 6.61 Å². The number of carbonyl (C=O) groups is 3. The molecule has 0 rings (SSSR count). The molecule has 8 heteroatoms. The number of nitrogens with zero attached hydrogens (tertiary/aromatic N) is 1. The van der Waals surface area contributed by atoms with Crippen LogP contribution in [0.4, 0.5) is 0 Å². The standard InChI is InChI=1S/C52H81NO7/c1-6-8-10-12-14-16-18-20-22-24-25-27-28-30-32-34-36-38-40-42-50(54)59-47-48(46-58-45-44-49(52(56)57)53(3,4)5)60-51(55)43-41-39-37-35-33-31-29-26-23-21-19-17-15-13-11-9-7-2/h8,10,14-17,20-23,25,27,29-32,35-38,48-49H,6-7,9,11-13,18-19,24,26,28,33-34,39-47H2,1-5H3/p+1/b10-8+,16-14+,17-15+,22-20+,23-21+,27-25+,31-29+,32-30+,37-35+,38-36+. The number of carboxylic acids is 1. The topological polar surface area (TPSA) is 99.1 Å². The van der Waals surface area contributed by atoms with Crippen molar-refractivity contribution in [1.29, 1.82) is 0 Å². The van der Waals surface area contributed by atoms with Crippen LogP contribution in [-0.2, 0) is 28.6 Å². The molecular formula is C52H82NO7+. The Labute approximate surface area is 365 Å². The number of hydrogen-bond acceptors (Lipinski definition) is 6. The average Bonchev–Trinajstić information content (AvgIpc) is 3.21. The maximum absolute atomic E-state index is 12.7. The number of likely N-dealkylation sites (N-methyl/N-ethyl adjacent to an activating group) is 1. The highest BCUT2D eigenvalue weighted by atomic mass is 16.6. The zero-order valence-corrected chi connectivity index (χ0v) is 38.1. The van der Waals surface area contributed by atoms with Gasteiger partial charge in [0.2, 0.25) is 0 Å². The first kappa shape index (κ1) is 55.7. The third kappa shape index (κ3) is 39.2. The molecule has 0 radical (unpaired) electrons. The Bertz CT molecular complexity index is 1390. The molecule has 0 aliphatic heterocycles. The highest BCUT2D eigenvalue weighted by Gasteiger charge is 2.31. The molecule has 0 bridgehead atoms. The van der Waals surface area contributed by atoms with E-state index in [0.29, 0.717) is 19.3 Å². The maximum Gasteiger partial charge on any atom is 0.362 e. The van der Waals surface area contributed by atoms with E-state index in [-0.39, 0.29) is 49.1 Å². The number of allylic oxidation sites excluding steroid dienone is 20. The van der Waals surface area contributed by atoms with Gasteiger partial charge in [-0.15, -0.1) is 0 Å². The van der Waals surface area contributed by atoms with E-state index in [1.54, 1.807) is 0 Å². The van der Waals surface area contributed by atoms with E-state index in [9.17, 15) is 19.5 Å². The summed E-state index contributed by atoms with van der Waals surface area (Å²) in [5.41, 5.74) is 0. The van der Waals surface area contributed by atoms with Crippen LogP contribution < -0.4 is 0 Å². The number of carbonyl (C=O) groups excluding carboxylic acids is 2. The Morgan fingerprint density at radius 3 is 1.38 bits per heavy atom. The van der Waals surface area contributed by atoms with Crippen LogP contribution in [0.1, 0.15) is 136 Å². The van der Waals surface area contributed by atoms with Crippen molar-refractivity contribution in [3.63, 3.8) is 0 Å². The molecule has 0 aliphatic carbocycles. The van der Waals surface area contributed by atoms with Crippen molar-refractivity contribution in [2.24, 2.45) is 0 Å². The van der Waals surface area contributed by atoms with Gasteiger partial charge >= 0.3 is 17.9 Å². The Balaban J connectivity index is 4.58. The van der Waals surface area contributed by atoms with Gasteiger partial charge in [-0.25, -0.2) is 4.79 Å². The van der Waals surface area contributed by atoms with Gasteiger partial charge in [-0.05, 0) is 89.9 Å². The number of rotatable bonds is 38. The molecular weight excluding hydrogens is 751 g/mol. The molecule has 1 N–H and O–H groups in total. The summed E-state index contributed by atoms with van der Waals surface area (Å²) in [6.07, 6.45) is 58.4. The monoisotopic (exact) mass is 833 g/mol. The van der Waals surface area contributed by atoms with E-state index < -0.39 is 18.1 Å². The first-order valence-electron chi connectivity index (χ1n) is 22.6. The van der Waals surface area contributed by atoms with Crippen molar-refractivity contribution in [3.05, 3.63) is 122 Å². The molecule has 0 saturated heterocycles. The van der Waals surface area contributed by atoms with Gasteiger partial charge < -0.3 is 23.8 Å². The van der Waals surface area contributed by atoms with Crippen LogP contribution in [0.2, 0.25) is 0 Å². The molecule has 0 fully saturated rings. The fourth-order valence-corrected chi connectivity index (χ4v) is 5.64. The number of aliphatic carboxylic acids is 1. The lowest BCUT2D eigenvalue weighted by Gasteiger charge is -2.31. The highest BCUT2D eigenvalue weighted by molar-refractivity contribution is 5.72. The van der Waals surface area contributed by atoms with Gasteiger partial charge in [0.25, 0.3) is 0 Å². The van der Waals surface area contributed by atoms with E-state index in [0.717, 1.165) is 64.2 Å². The Morgan fingerprint density at radius 2 is 0.950 bits per heavy atom. The third-order valence-electron chi connectivity index (χ3n) is 9.11. The van der Waals surface area contributed by atoms with Crippen LogP contribution in [0.3, 0.4) is 0 Å². The number of quaternary nitrogens is 1. The van der Waals surface area contributed by atoms with E-state index in [1.807, 2.05) is 33.3 Å². The van der Waals surface area contributed by atoms with E-state index in [1.165, 1.54) is 25.7 Å². The molecule has 60 heavy (non-hydrogen) atoms. The number of hydrogen-bond donors (Lipinski definition) is 1. The summed E-state index contributed by atoms with van der Waals surface area (Å²) >= 11 is 0. The van der Waals surface area contributed by atoms with Crippen LogP contribution in [-0.4, -0.2) is 80.6 Å². The van der Waals surface area contributed by atoms with Crippen LogP contribution in [0.25, 0.3) is 0 Å². The molecule has 336 valence electrons. The van der Waals surface area contributed by atoms with Crippen LogP contribution in [0.5, 0.6) is 0 Å². The largest absolute Gasteiger partial charge is 0.477 e. The molecule has 2 atom stereocenters. The SMILES string of the molecule is CC/C=C/C/C=C/C/C=C/C/C=C/C/C=C/C/C=C/CCC(=O)OCC(COCCC(C(=O)O)[N+](C)(C)C)OC(=O)CCC/C=C/C/C=C/C/C=C/C/C=C/CCCCC. The minimum atomic E-state index is -0.899. The summed E-state index contributed by atoms with van der Waals surface area (Å²) in [5, 5.41) is 9.62. The van der Waals surface area contributed by atoms with Crippen molar-refractivity contribution >= 4 is 17.9 Å². The lowest BCUT2D eigenvalue weighted by Crippen LogP contribution is -2.50. The Kier molecular flexibility index (Phi) is 38.5. The molecule has 0 aromatic carbocycles. The molecule has 0 aromatic heterocycles. The Hall–Kier alpha value is -4.27. The fourth-order valence-electron chi connectivity index (χ4n) is 5.64. The number of esters is 2. The first-order chi connectivity index (χ1) is 29.1. The summed E-state index contributed by atoms with van der Waals surface area (Å²) in [6.45, 7) is 4.42. The predicted molar refractivity (Wildman–Crippen MR) is 252 cm³/mol. The maximum atomic E-state index is 12.7. The second-order valence-electron chi connectivity index (χ2n) is 15.6. The molecule has 8 nitrogen and oxygen atoms in total. The summed E-state index contributed by atoms with van der Waals surface area (Å²) in [4.78, 5) is 37.0. The second kappa shape index (κ2) is 41.5. The molecule has 0 aromatic rings. The first-order valence-corrected chi connectivity index (χ1v) is 22.6. The van der Waals surface area contributed by atoms with Gasteiger partial charge in [-0.1, -0.05) is 148 Å².